The average molecular weight is 323 g/mol. The van der Waals surface area contributed by atoms with Crippen LogP contribution in [-0.4, -0.2) is 40.5 Å². The summed E-state index contributed by atoms with van der Waals surface area (Å²) < 4.78 is 43.6. The number of aromatic nitrogens is 2. The number of carboxylic acid groups (broad SMARTS) is 1. The Balaban J connectivity index is 2.58. The van der Waals surface area contributed by atoms with E-state index in [4.69, 9.17) is 9.84 Å². The first-order valence-electron chi connectivity index (χ1n) is 6.42. The van der Waals surface area contributed by atoms with Crippen LogP contribution in [0.4, 0.5) is 18.9 Å². The normalized spacial score (nSPS) is 12.9. The Bertz CT molecular complexity index is 559. The lowest BCUT2D eigenvalue weighted by Gasteiger charge is -2.18. The number of aliphatic carboxylic acids is 1. The molecule has 0 aliphatic rings. The minimum absolute atomic E-state index is 0.0436. The molecule has 0 radical (unpaired) electrons. The maximum absolute atomic E-state index is 12.8. The Morgan fingerprint density at radius 3 is 2.82 bits per heavy atom. The minimum Gasteiger partial charge on any atom is -0.481 e. The van der Waals surface area contributed by atoms with E-state index in [1.54, 1.807) is 12.0 Å². The van der Waals surface area contributed by atoms with Gasteiger partial charge in [-0.3, -0.25) is 9.59 Å². The number of nitrogens with one attached hydrogen (secondary N) is 2. The number of rotatable bonds is 8. The van der Waals surface area contributed by atoms with Gasteiger partial charge in [0.25, 0.3) is 5.56 Å². The fraction of sp³-hybridized carbons (Fsp3) is 0.583. The fourth-order valence-corrected chi connectivity index (χ4v) is 1.68. The summed E-state index contributed by atoms with van der Waals surface area (Å²) in [5.41, 5.74) is -3.11. The summed E-state index contributed by atoms with van der Waals surface area (Å²) in [6, 6.07) is -0.519. The molecule has 3 N–H and O–H groups in total. The molecule has 124 valence electrons. The maximum Gasteiger partial charge on any atom is 0.423 e. The molecule has 1 atom stereocenters. The highest BCUT2D eigenvalue weighted by Gasteiger charge is 2.37. The van der Waals surface area contributed by atoms with Gasteiger partial charge in [0.1, 0.15) is 5.56 Å². The molecule has 1 rings (SSSR count). The number of hydrogen-bond donors (Lipinski definition) is 3. The first-order valence-corrected chi connectivity index (χ1v) is 6.42. The predicted molar refractivity (Wildman–Crippen MR) is 70.6 cm³/mol. The van der Waals surface area contributed by atoms with Crippen LogP contribution in [0.1, 0.15) is 25.3 Å². The van der Waals surface area contributed by atoms with Crippen LogP contribution in [0.3, 0.4) is 0 Å². The second kappa shape index (κ2) is 7.78. The van der Waals surface area contributed by atoms with Gasteiger partial charge in [-0.05, 0) is 13.3 Å². The number of anilines is 1. The maximum atomic E-state index is 12.8. The number of alkyl halides is 3. The Hall–Kier alpha value is -2.10. The van der Waals surface area contributed by atoms with E-state index in [0.717, 1.165) is 6.20 Å². The van der Waals surface area contributed by atoms with E-state index >= 15 is 0 Å². The number of H-pyrrole nitrogens is 1. The van der Waals surface area contributed by atoms with E-state index in [1.165, 1.54) is 0 Å². The molecule has 0 amide bonds. The Morgan fingerprint density at radius 2 is 2.23 bits per heavy atom. The van der Waals surface area contributed by atoms with Crippen LogP contribution in [0.15, 0.2) is 11.0 Å². The molecule has 1 heterocycles. The Kier molecular flexibility index (Phi) is 6.35. The molecule has 0 saturated heterocycles. The van der Waals surface area contributed by atoms with Gasteiger partial charge in [0.05, 0.1) is 18.5 Å². The van der Waals surface area contributed by atoms with Crippen molar-refractivity contribution in [2.75, 3.05) is 18.5 Å². The summed E-state index contributed by atoms with van der Waals surface area (Å²) in [6.07, 6.45) is -3.66. The van der Waals surface area contributed by atoms with Crippen molar-refractivity contribution in [1.82, 2.24) is 10.2 Å². The fourth-order valence-electron chi connectivity index (χ4n) is 1.68. The smallest absolute Gasteiger partial charge is 0.423 e. The molecule has 0 aliphatic heterocycles. The van der Waals surface area contributed by atoms with Crippen molar-refractivity contribution in [3.8, 4) is 0 Å². The van der Waals surface area contributed by atoms with Crippen molar-refractivity contribution in [3.05, 3.63) is 22.1 Å². The SMILES string of the molecule is C[C@@H](COCCCC(=O)O)Nc1cn[nH]c(=O)c1C(F)(F)F. The monoisotopic (exact) mass is 323 g/mol. The summed E-state index contributed by atoms with van der Waals surface area (Å²) in [7, 11) is 0. The summed E-state index contributed by atoms with van der Waals surface area (Å²) >= 11 is 0. The molecule has 1 aromatic rings. The first kappa shape index (κ1) is 18.0. The van der Waals surface area contributed by atoms with Crippen molar-refractivity contribution >= 4 is 11.7 Å². The third-order valence-electron chi connectivity index (χ3n) is 2.59. The first-order chi connectivity index (χ1) is 10.2. The highest BCUT2D eigenvalue weighted by molar-refractivity contribution is 5.66. The number of hydrogen-bond acceptors (Lipinski definition) is 5. The zero-order chi connectivity index (χ0) is 16.8. The van der Waals surface area contributed by atoms with Gasteiger partial charge in [-0.15, -0.1) is 0 Å². The van der Waals surface area contributed by atoms with Crippen LogP contribution in [-0.2, 0) is 15.7 Å². The molecule has 0 spiro atoms. The van der Waals surface area contributed by atoms with Gasteiger partial charge in [-0.2, -0.15) is 18.3 Å². The molecule has 7 nitrogen and oxygen atoms in total. The van der Waals surface area contributed by atoms with Crippen molar-refractivity contribution in [2.24, 2.45) is 0 Å². The van der Waals surface area contributed by atoms with Crippen LogP contribution < -0.4 is 10.9 Å². The summed E-state index contributed by atoms with van der Waals surface area (Å²) in [5.74, 6) is -0.945. The number of nitrogens with zero attached hydrogens (tertiary/aromatic N) is 1. The van der Waals surface area contributed by atoms with E-state index in [2.05, 4.69) is 10.4 Å². The standard InChI is InChI=1S/C12H16F3N3O4/c1-7(6-22-4-2-3-9(19)20)17-8-5-16-18-11(21)10(8)12(13,14)15/h5,7H,2-4,6H2,1H3,(H,19,20)(H2,17,18,21)/t7-/m0/s1. The lowest BCUT2D eigenvalue weighted by atomic mass is 10.2. The lowest BCUT2D eigenvalue weighted by molar-refractivity contribution is -0.138. The number of halogens is 3. The van der Waals surface area contributed by atoms with Gasteiger partial charge < -0.3 is 15.2 Å². The van der Waals surface area contributed by atoms with E-state index in [9.17, 15) is 22.8 Å². The Morgan fingerprint density at radius 1 is 1.55 bits per heavy atom. The summed E-state index contributed by atoms with van der Waals surface area (Å²) in [6.45, 7) is 1.81. The largest absolute Gasteiger partial charge is 0.481 e. The molecular formula is C12H16F3N3O4. The van der Waals surface area contributed by atoms with Crippen molar-refractivity contribution in [1.29, 1.82) is 0 Å². The highest BCUT2D eigenvalue weighted by atomic mass is 19.4. The van der Waals surface area contributed by atoms with Crippen molar-refractivity contribution in [3.63, 3.8) is 0 Å². The van der Waals surface area contributed by atoms with Crippen molar-refractivity contribution in [2.45, 2.75) is 32.0 Å². The van der Waals surface area contributed by atoms with Gasteiger partial charge in [-0.25, -0.2) is 5.10 Å². The summed E-state index contributed by atoms with van der Waals surface area (Å²) in [4.78, 5) is 21.6. The molecular weight excluding hydrogens is 307 g/mol. The molecule has 22 heavy (non-hydrogen) atoms. The summed E-state index contributed by atoms with van der Waals surface area (Å²) in [5, 5.41) is 16.0. The van der Waals surface area contributed by atoms with Gasteiger partial charge in [-0.1, -0.05) is 0 Å². The lowest BCUT2D eigenvalue weighted by Crippen LogP contribution is -2.29. The molecule has 0 bridgehead atoms. The molecule has 0 unspecified atom stereocenters. The van der Waals surface area contributed by atoms with Crippen LogP contribution in [0, 0.1) is 0 Å². The van der Waals surface area contributed by atoms with Crippen LogP contribution in [0.5, 0.6) is 0 Å². The second-order valence-electron chi connectivity index (χ2n) is 4.60. The topological polar surface area (TPSA) is 104 Å². The van der Waals surface area contributed by atoms with Gasteiger partial charge >= 0.3 is 12.1 Å². The highest BCUT2D eigenvalue weighted by Crippen LogP contribution is 2.31. The number of carbonyl (C=O) groups is 1. The quantitative estimate of drug-likeness (QED) is 0.626. The van der Waals surface area contributed by atoms with E-state index in [-0.39, 0.29) is 19.6 Å². The Labute approximate surface area is 123 Å². The van der Waals surface area contributed by atoms with Gasteiger partial charge in [0, 0.05) is 19.1 Å². The minimum atomic E-state index is -4.80. The number of aromatic amines is 1. The third kappa shape index (κ3) is 5.72. The molecule has 1 aromatic heterocycles. The van der Waals surface area contributed by atoms with Crippen LogP contribution in [0.25, 0.3) is 0 Å². The zero-order valence-electron chi connectivity index (χ0n) is 11.7. The van der Waals surface area contributed by atoms with E-state index in [1.807, 2.05) is 0 Å². The number of ether oxygens (including phenoxy) is 1. The second-order valence-corrected chi connectivity index (χ2v) is 4.60. The van der Waals surface area contributed by atoms with E-state index < -0.39 is 35.0 Å². The molecule has 0 fully saturated rings. The predicted octanol–water partition coefficient (Wildman–Crippen LogP) is 1.47. The van der Waals surface area contributed by atoms with Gasteiger partial charge in [0.15, 0.2) is 0 Å². The van der Waals surface area contributed by atoms with E-state index in [0.29, 0.717) is 6.42 Å². The zero-order valence-corrected chi connectivity index (χ0v) is 11.7. The molecule has 0 aliphatic carbocycles. The molecule has 10 heteroatoms. The average Bonchev–Trinajstić information content (AvgIpc) is 2.36. The van der Waals surface area contributed by atoms with Crippen LogP contribution in [0.2, 0.25) is 0 Å². The van der Waals surface area contributed by atoms with Gasteiger partial charge in [0.2, 0.25) is 0 Å². The molecule has 0 saturated carbocycles. The van der Waals surface area contributed by atoms with Crippen molar-refractivity contribution < 1.29 is 27.8 Å². The molecule has 0 aromatic carbocycles. The number of carboxylic acids is 1. The van der Waals surface area contributed by atoms with Crippen LogP contribution >= 0.6 is 0 Å². The third-order valence-corrected chi connectivity index (χ3v) is 2.59.